The molecule has 0 unspecified atom stereocenters. The van der Waals surface area contributed by atoms with Crippen molar-refractivity contribution in [3.8, 4) is 11.1 Å². The second kappa shape index (κ2) is 9.13. The number of furan rings is 1. The molecule has 31 heavy (non-hydrogen) atoms. The summed E-state index contributed by atoms with van der Waals surface area (Å²) in [5.41, 5.74) is 3.10. The van der Waals surface area contributed by atoms with Crippen LogP contribution in [0.15, 0.2) is 83.6 Å². The molecule has 0 aliphatic rings. The molecule has 0 spiro atoms. The van der Waals surface area contributed by atoms with Crippen LogP contribution in [0, 0.1) is 0 Å². The molecular formula is C24H22N4O3. The molecule has 156 valence electrons. The lowest BCUT2D eigenvalue weighted by molar-refractivity contribution is 0.0943. The molecule has 4 rings (SSSR count). The number of carbonyl (C=O) groups is 2. The molecule has 0 aliphatic carbocycles. The minimum Gasteiger partial charge on any atom is -0.467 e. The van der Waals surface area contributed by atoms with E-state index in [4.69, 9.17) is 4.42 Å². The van der Waals surface area contributed by atoms with Crippen LogP contribution < -0.4 is 10.6 Å². The molecule has 0 saturated heterocycles. The van der Waals surface area contributed by atoms with Gasteiger partial charge in [0, 0.05) is 18.3 Å². The smallest absolute Gasteiger partial charge is 0.274 e. The number of benzene rings is 2. The zero-order chi connectivity index (χ0) is 21.6. The zero-order valence-electron chi connectivity index (χ0n) is 17.0. The van der Waals surface area contributed by atoms with Crippen LogP contribution in [0.2, 0.25) is 0 Å². The number of hydrogen-bond donors (Lipinski definition) is 2. The zero-order valence-corrected chi connectivity index (χ0v) is 17.0. The Kier molecular flexibility index (Phi) is 5.93. The summed E-state index contributed by atoms with van der Waals surface area (Å²) in [6, 6.07) is 20.8. The van der Waals surface area contributed by atoms with Crippen LogP contribution >= 0.6 is 0 Å². The van der Waals surface area contributed by atoms with Gasteiger partial charge in [0.15, 0.2) is 5.69 Å². The van der Waals surface area contributed by atoms with E-state index in [9.17, 15) is 9.59 Å². The van der Waals surface area contributed by atoms with Crippen molar-refractivity contribution < 1.29 is 14.0 Å². The van der Waals surface area contributed by atoms with Gasteiger partial charge in [-0.1, -0.05) is 42.5 Å². The van der Waals surface area contributed by atoms with Crippen molar-refractivity contribution in [3.05, 3.63) is 96.2 Å². The Hall–Kier alpha value is -4.13. The van der Waals surface area contributed by atoms with Crippen molar-refractivity contribution in [1.82, 2.24) is 15.1 Å². The molecule has 0 atom stereocenters. The highest BCUT2D eigenvalue weighted by Crippen LogP contribution is 2.21. The Bertz CT molecular complexity index is 1160. The highest BCUT2D eigenvalue weighted by Gasteiger charge is 2.19. The first kappa shape index (κ1) is 20.2. The van der Waals surface area contributed by atoms with E-state index in [1.54, 1.807) is 41.4 Å². The van der Waals surface area contributed by atoms with Gasteiger partial charge in [-0.2, -0.15) is 5.10 Å². The van der Waals surface area contributed by atoms with Crippen molar-refractivity contribution in [2.45, 2.75) is 20.0 Å². The molecule has 2 heterocycles. The van der Waals surface area contributed by atoms with Crippen LogP contribution in [-0.4, -0.2) is 21.6 Å². The molecule has 2 aromatic heterocycles. The van der Waals surface area contributed by atoms with Crippen molar-refractivity contribution >= 4 is 17.5 Å². The van der Waals surface area contributed by atoms with E-state index in [1.165, 1.54) is 0 Å². The predicted molar refractivity (Wildman–Crippen MR) is 118 cm³/mol. The Morgan fingerprint density at radius 3 is 2.35 bits per heavy atom. The monoisotopic (exact) mass is 414 g/mol. The molecule has 2 aromatic carbocycles. The highest BCUT2D eigenvalue weighted by atomic mass is 16.3. The van der Waals surface area contributed by atoms with Gasteiger partial charge in [0.2, 0.25) is 0 Å². The largest absolute Gasteiger partial charge is 0.467 e. The van der Waals surface area contributed by atoms with Crippen molar-refractivity contribution in [3.63, 3.8) is 0 Å². The summed E-state index contributed by atoms with van der Waals surface area (Å²) in [4.78, 5) is 25.4. The molecule has 7 nitrogen and oxygen atoms in total. The predicted octanol–water partition coefficient (Wildman–Crippen LogP) is 4.35. The van der Waals surface area contributed by atoms with Crippen LogP contribution in [0.5, 0.6) is 0 Å². The second-order valence-corrected chi connectivity index (χ2v) is 6.91. The summed E-state index contributed by atoms with van der Waals surface area (Å²) in [5.74, 6) is -0.0685. The van der Waals surface area contributed by atoms with Gasteiger partial charge in [0.05, 0.1) is 18.5 Å². The maximum Gasteiger partial charge on any atom is 0.274 e. The van der Waals surface area contributed by atoms with Gasteiger partial charge in [-0.15, -0.1) is 0 Å². The summed E-state index contributed by atoms with van der Waals surface area (Å²) in [6.45, 7) is 2.71. The topological polar surface area (TPSA) is 89.2 Å². The number of carbonyl (C=O) groups excluding carboxylic acids is 2. The highest BCUT2D eigenvalue weighted by molar-refractivity contribution is 6.08. The first-order chi connectivity index (χ1) is 15.1. The van der Waals surface area contributed by atoms with E-state index in [1.807, 2.05) is 49.4 Å². The van der Waals surface area contributed by atoms with Gasteiger partial charge >= 0.3 is 0 Å². The fourth-order valence-corrected chi connectivity index (χ4v) is 3.15. The van der Waals surface area contributed by atoms with Crippen LogP contribution in [0.25, 0.3) is 11.1 Å². The van der Waals surface area contributed by atoms with Gasteiger partial charge in [0.1, 0.15) is 5.76 Å². The summed E-state index contributed by atoms with van der Waals surface area (Å²) in [7, 11) is 0. The van der Waals surface area contributed by atoms with Gasteiger partial charge in [-0.3, -0.25) is 14.3 Å². The van der Waals surface area contributed by atoms with E-state index in [0.29, 0.717) is 23.6 Å². The summed E-state index contributed by atoms with van der Waals surface area (Å²) < 4.78 is 6.84. The minimum atomic E-state index is -0.390. The number of hydrogen-bond acceptors (Lipinski definition) is 4. The van der Waals surface area contributed by atoms with Gasteiger partial charge in [0.25, 0.3) is 11.8 Å². The Labute approximate surface area is 179 Å². The summed E-state index contributed by atoms with van der Waals surface area (Å²) in [5, 5.41) is 9.85. The maximum absolute atomic E-state index is 12.8. The fraction of sp³-hybridized carbons (Fsp3) is 0.125. The fourth-order valence-electron chi connectivity index (χ4n) is 3.15. The molecule has 0 radical (unpaired) electrons. The molecule has 0 bridgehead atoms. The lowest BCUT2D eigenvalue weighted by Gasteiger charge is -2.07. The average molecular weight is 414 g/mol. The van der Waals surface area contributed by atoms with E-state index < -0.39 is 5.91 Å². The Morgan fingerprint density at radius 2 is 1.68 bits per heavy atom. The quantitative estimate of drug-likeness (QED) is 0.471. The first-order valence-electron chi connectivity index (χ1n) is 9.99. The number of rotatable bonds is 7. The number of nitrogens with one attached hydrogen (secondary N) is 2. The minimum absolute atomic E-state index is 0.155. The molecule has 0 saturated carbocycles. The number of amides is 2. The normalized spacial score (nSPS) is 10.6. The Morgan fingerprint density at radius 1 is 0.935 bits per heavy atom. The maximum atomic E-state index is 12.8. The van der Waals surface area contributed by atoms with E-state index in [2.05, 4.69) is 15.7 Å². The van der Waals surface area contributed by atoms with Crippen LogP contribution in [0.1, 0.15) is 33.5 Å². The lowest BCUT2D eigenvalue weighted by atomic mass is 10.0. The Balaban J connectivity index is 1.48. The van der Waals surface area contributed by atoms with Gasteiger partial charge in [-0.05, 0) is 42.3 Å². The van der Waals surface area contributed by atoms with Gasteiger partial charge < -0.3 is 15.1 Å². The SMILES string of the molecule is CCn1cc(NC(=O)c2ccc(-c3ccccc3)cc2)c(C(=O)NCc2ccco2)n1. The molecule has 0 aliphatic heterocycles. The van der Waals surface area contributed by atoms with Crippen LogP contribution in [0.4, 0.5) is 5.69 Å². The average Bonchev–Trinajstić information content (AvgIpc) is 3.48. The third-order valence-electron chi connectivity index (χ3n) is 4.81. The molecule has 2 N–H and O–H groups in total. The second-order valence-electron chi connectivity index (χ2n) is 6.91. The third-order valence-corrected chi connectivity index (χ3v) is 4.81. The number of aryl methyl sites for hydroxylation is 1. The molecule has 0 fully saturated rings. The van der Waals surface area contributed by atoms with E-state index in [-0.39, 0.29) is 18.1 Å². The summed E-state index contributed by atoms with van der Waals surface area (Å²) in [6.07, 6.45) is 3.19. The van der Waals surface area contributed by atoms with Crippen molar-refractivity contribution in [1.29, 1.82) is 0 Å². The molecular weight excluding hydrogens is 392 g/mol. The molecule has 4 aromatic rings. The third kappa shape index (κ3) is 4.72. The van der Waals surface area contributed by atoms with Crippen molar-refractivity contribution in [2.24, 2.45) is 0 Å². The lowest BCUT2D eigenvalue weighted by Crippen LogP contribution is -2.25. The van der Waals surface area contributed by atoms with Crippen LogP contribution in [-0.2, 0) is 13.1 Å². The van der Waals surface area contributed by atoms with Crippen molar-refractivity contribution in [2.75, 3.05) is 5.32 Å². The molecule has 7 heteroatoms. The summed E-state index contributed by atoms with van der Waals surface area (Å²) >= 11 is 0. The number of aromatic nitrogens is 2. The van der Waals surface area contributed by atoms with Gasteiger partial charge in [-0.25, -0.2) is 0 Å². The first-order valence-corrected chi connectivity index (χ1v) is 9.99. The molecule has 2 amide bonds. The number of anilines is 1. The van der Waals surface area contributed by atoms with E-state index >= 15 is 0 Å². The number of nitrogens with zero attached hydrogens (tertiary/aromatic N) is 2. The van der Waals surface area contributed by atoms with Crippen LogP contribution in [0.3, 0.4) is 0 Å². The van der Waals surface area contributed by atoms with E-state index in [0.717, 1.165) is 11.1 Å². The standard InChI is InChI=1S/C24H22N4O3/c1-2-28-16-21(22(27-28)24(30)25-15-20-9-6-14-31-20)26-23(29)19-12-10-18(11-13-19)17-7-4-3-5-8-17/h3-14,16H,2,15H2,1H3,(H,25,30)(H,26,29).